The molecule has 3 nitrogen and oxygen atoms in total. The number of nitrogens with zero attached hydrogens (tertiary/aromatic N) is 2. The number of hydrogen-bond acceptors (Lipinski definition) is 4. The van der Waals surface area contributed by atoms with E-state index in [1.54, 1.807) is 17.4 Å². The van der Waals surface area contributed by atoms with Gasteiger partial charge in [0.1, 0.15) is 10.8 Å². The molecular weight excluding hydrogens is 716 g/mol. The van der Waals surface area contributed by atoms with Crippen molar-refractivity contribution < 1.29 is 26.2 Å². The van der Waals surface area contributed by atoms with Gasteiger partial charge < -0.3 is 5.11 Å². The van der Waals surface area contributed by atoms with E-state index in [9.17, 15) is 5.11 Å². The van der Waals surface area contributed by atoms with Crippen LogP contribution >= 0.6 is 11.3 Å². The number of phenols is 1. The first-order valence-electron chi connectivity index (χ1n) is 13.9. The van der Waals surface area contributed by atoms with Crippen LogP contribution in [0.2, 0.25) is 0 Å². The van der Waals surface area contributed by atoms with Crippen molar-refractivity contribution in [3.63, 3.8) is 0 Å². The molecule has 0 saturated carbocycles. The van der Waals surface area contributed by atoms with Crippen molar-refractivity contribution >= 4 is 21.6 Å². The summed E-state index contributed by atoms with van der Waals surface area (Å²) in [5.74, 6) is 0.237. The summed E-state index contributed by atoms with van der Waals surface area (Å²) in [5, 5.41) is 11.4. The summed E-state index contributed by atoms with van der Waals surface area (Å²) >= 11 is 1.61. The molecule has 0 aliphatic rings. The van der Waals surface area contributed by atoms with Crippen LogP contribution in [0.5, 0.6) is 5.75 Å². The topological polar surface area (TPSA) is 46.0 Å². The molecule has 6 rings (SSSR count). The number of pyridine rings is 1. The van der Waals surface area contributed by atoms with E-state index < -0.39 is 0 Å². The Morgan fingerprint density at radius 2 is 1.48 bits per heavy atom. The Hall–Kier alpha value is -3.59. The predicted molar refractivity (Wildman–Crippen MR) is 173 cm³/mol. The third-order valence-electron chi connectivity index (χ3n) is 7.56. The van der Waals surface area contributed by atoms with E-state index in [1.807, 2.05) is 42.6 Å². The van der Waals surface area contributed by atoms with Crippen LogP contribution < -0.4 is 0 Å². The van der Waals surface area contributed by atoms with Gasteiger partial charge in [-0.2, -0.15) is 0 Å². The van der Waals surface area contributed by atoms with Gasteiger partial charge >= 0.3 is 0 Å². The second-order valence-corrected chi connectivity index (χ2v) is 12.9. The molecule has 0 aliphatic carbocycles. The number of aromatic nitrogens is 2. The fraction of sp³-hybridized carbons (Fsp3) is 0.189. The maximum Gasteiger partial charge on any atom is 0.127 e. The number of fused-ring (bicyclic) bond motifs is 1. The minimum absolute atomic E-state index is 0. The molecule has 0 atom stereocenters. The van der Waals surface area contributed by atoms with E-state index in [-0.39, 0.29) is 32.2 Å². The van der Waals surface area contributed by atoms with Crippen molar-refractivity contribution in [3.8, 4) is 49.8 Å². The smallest absolute Gasteiger partial charge is 0.127 e. The number of para-hydroxylation sites is 1. The van der Waals surface area contributed by atoms with Crippen LogP contribution in [0.1, 0.15) is 43.0 Å². The van der Waals surface area contributed by atoms with E-state index in [0.29, 0.717) is 0 Å². The van der Waals surface area contributed by atoms with Gasteiger partial charge in [0, 0.05) is 37.7 Å². The van der Waals surface area contributed by atoms with Crippen LogP contribution in [0.25, 0.3) is 54.3 Å². The molecule has 214 valence electrons. The Bertz CT molecular complexity index is 1900. The van der Waals surface area contributed by atoms with Crippen molar-refractivity contribution in [2.45, 2.75) is 47.0 Å². The van der Waals surface area contributed by atoms with Crippen molar-refractivity contribution in [2.24, 2.45) is 0 Å². The van der Waals surface area contributed by atoms with Crippen LogP contribution in [0.15, 0.2) is 85.1 Å². The molecule has 0 fully saturated rings. The summed E-state index contributed by atoms with van der Waals surface area (Å²) < 4.78 is 1.09. The second kappa shape index (κ2) is 11.6. The van der Waals surface area contributed by atoms with Crippen molar-refractivity contribution in [1.29, 1.82) is 0 Å². The molecule has 2 heterocycles. The summed E-state index contributed by atoms with van der Waals surface area (Å²) in [7, 11) is 0. The summed E-state index contributed by atoms with van der Waals surface area (Å²) in [6.45, 7) is 13.2. The van der Waals surface area contributed by atoms with Crippen LogP contribution in [0, 0.1) is 26.8 Å². The summed E-state index contributed by atoms with van der Waals surface area (Å²) in [6, 6.07) is 30.6. The van der Waals surface area contributed by atoms with E-state index in [1.165, 1.54) is 27.8 Å². The third-order valence-corrected chi connectivity index (χ3v) is 8.60. The minimum atomic E-state index is -0.0620. The summed E-state index contributed by atoms with van der Waals surface area (Å²) in [5.41, 5.74) is 12.8. The Morgan fingerprint density at radius 1 is 0.786 bits per heavy atom. The summed E-state index contributed by atoms with van der Waals surface area (Å²) in [6.07, 6.45) is 1.83. The largest absolute Gasteiger partial charge is 0.507 e. The van der Waals surface area contributed by atoms with Gasteiger partial charge in [-0.3, -0.25) is 4.98 Å². The zero-order valence-electron chi connectivity index (χ0n) is 24.6. The van der Waals surface area contributed by atoms with Gasteiger partial charge in [0.05, 0.1) is 11.1 Å². The van der Waals surface area contributed by atoms with E-state index in [2.05, 4.69) is 89.0 Å². The molecule has 0 unspecified atom stereocenters. The first-order chi connectivity index (χ1) is 19.6. The second-order valence-electron chi connectivity index (χ2n) is 11.8. The summed E-state index contributed by atoms with van der Waals surface area (Å²) in [4.78, 5) is 9.80. The van der Waals surface area contributed by atoms with E-state index in [0.717, 1.165) is 48.7 Å². The molecule has 0 amide bonds. The van der Waals surface area contributed by atoms with Crippen LogP contribution in [-0.2, 0) is 26.5 Å². The van der Waals surface area contributed by atoms with Gasteiger partial charge in [-0.1, -0.05) is 85.5 Å². The number of aromatic hydroxyl groups is 1. The molecule has 0 spiro atoms. The van der Waals surface area contributed by atoms with Gasteiger partial charge in [-0.15, -0.1) is 35.1 Å². The fourth-order valence-electron chi connectivity index (χ4n) is 5.59. The van der Waals surface area contributed by atoms with Gasteiger partial charge in [0.15, 0.2) is 0 Å². The molecule has 2 aromatic heterocycles. The van der Waals surface area contributed by atoms with Gasteiger partial charge in [-0.05, 0) is 72.7 Å². The number of aryl methyl sites for hydroxylation is 3. The van der Waals surface area contributed by atoms with E-state index in [4.69, 9.17) is 4.98 Å². The molecular formula is C37H33N2OPtS-. The first-order valence-corrected chi connectivity index (χ1v) is 14.7. The average Bonchev–Trinajstić information content (AvgIpc) is 3.36. The quantitative estimate of drug-likeness (QED) is 0.183. The minimum Gasteiger partial charge on any atom is -0.507 e. The zero-order chi connectivity index (χ0) is 28.9. The van der Waals surface area contributed by atoms with Crippen LogP contribution in [0.4, 0.5) is 0 Å². The maximum absolute atomic E-state index is 10.6. The number of benzene rings is 4. The fourth-order valence-corrected chi connectivity index (χ4v) is 6.66. The molecule has 42 heavy (non-hydrogen) atoms. The first kappa shape index (κ1) is 29.9. The Balaban J connectivity index is 0.00000353. The normalized spacial score (nSPS) is 11.5. The van der Waals surface area contributed by atoms with Crippen molar-refractivity contribution in [2.75, 3.05) is 0 Å². The average molecular weight is 749 g/mol. The SMILES string of the molecule is Cc1cc(C)c(-c2cc(-c3ccccn3)[c-]c(-c3cc(C(C)(C)C)cc4sc(-c5ccccc5O)nc34)c2)c(C)c1.[Pt]. The maximum atomic E-state index is 10.6. The van der Waals surface area contributed by atoms with Gasteiger partial charge in [0.25, 0.3) is 0 Å². The number of phenolic OH excluding ortho intramolecular Hbond substituents is 1. The van der Waals surface area contributed by atoms with Crippen LogP contribution in [0.3, 0.4) is 0 Å². The monoisotopic (exact) mass is 748 g/mol. The Morgan fingerprint density at radius 3 is 2.14 bits per heavy atom. The van der Waals surface area contributed by atoms with Gasteiger partial charge in [0.2, 0.25) is 0 Å². The molecule has 4 aromatic carbocycles. The number of rotatable bonds is 4. The number of thiazole rings is 1. The molecule has 1 N–H and O–H groups in total. The van der Waals surface area contributed by atoms with Crippen molar-refractivity contribution in [1.82, 2.24) is 9.97 Å². The zero-order valence-corrected chi connectivity index (χ0v) is 27.7. The molecule has 0 aliphatic heterocycles. The van der Waals surface area contributed by atoms with Crippen LogP contribution in [-0.4, -0.2) is 15.1 Å². The molecule has 5 heteroatoms. The third kappa shape index (κ3) is 5.71. The molecule has 6 aromatic rings. The predicted octanol–water partition coefficient (Wildman–Crippen LogP) is 10.1. The van der Waals surface area contributed by atoms with Crippen molar-refractivity contribution in [3.05, 3.63) is 113 Å². The standard InChI is InChI=1S/C37H33N2OS.Pt/c1-22-15-23(2)34(24(3)16-22)27-18-25(17-26(19-27)31-12-9-10-14-38-31)30-20-28(37(4,5)6)21-33-35(30)39-36(41-33)29-11-7-8-13-32(29)40;/h7-16,18-21,40H,1-6H3;/q-1;. The van der Waals surface area contributed by atoms with E-state index >= 15 is 0 Å². The Labute approximate surface area is 266 Å². The Kier molecular flexibility index (Phi) is 8.25. The molecule has 0 bridgehead atoms. The molecule has 0 radical (unpaired) electrons. The number of hydrogen-bond donors (Lipinski definition) is 1. The molecule has 0 saturated heterocycles. The van der Waals surface area contributed by atoms with Gasteiger partial charge in [-0.25, -0.2) is 4.98 Å².